The molecule has 0 radical (unpaired) electrons. The van der Waals surface area contributed by atoms with Crippen LogP contribution in [0.2, 0.25) is 0 Å². The van der Waals surface area contributed by atoms with E-state index < -0.39 is 16.1 Å². The van der Waals surface area contributed by atoms with Crippen molar-refractivity contribution in [2.75, 3.05) is 17.9 Å². The summed E-state index contributed by atoms with van der Waals surface area (Å²) in [6.45, 7) is -0.360. The Morgan fingerprint density at radius 1 is 1.19 bits per heavy atom. The Bertz CT molecular complexity index is 1000. The van der Waals surface area contributed by atoms with Gasteiger partial charge in [-0.25, -0.2) is 9.03 Å². The van der Waals surface area contributed by atoms with Crippen LogP contribution in [0.1, 0.15) is 21.5 Å². The number of aromatic hydroxyl groups is 1. The fraction of sp³-hybridized carbons (Fsp3) is 0.222. The van der Waals surface area contributed by atoms with Crippen LogP contribution >= 0.6 is 0 Å². The van der Waals surface area contributed by atoms with Crippen molar-refractivity contribution in [3.63, 3.8) is 0 Å². The van der Waals surface area contributed by atoms with Gasteiger partial charge in [-0.1, -0.05) is 18.2 Å². The van der Waals surface area contributed by atoms with E-state index in [1.165, 1.54) is 12.1 Å². The van der Waals surface area contributed by atoms with Crippen molar-refractivity contribution in [2.45, 2.75) is 12.8 Å². The van der Waals surface area contributed by atoms with Crippen LogP contribution in [0, 0.1) is 0 Å². The first-order valence-electron chi connectivity index (χ1n) is 8.26. The largest absolute Gasteiger partial charge is 0.506 e. The second kappa shape index (κ2) is 7.28. The molecule has 0 spiro atoms. The third kappa shape index (κ3) is 4.03. The van der Waals surface area contributed by atoms with Crippen LogP contribution in [-0.2, 0) is 27.8 Å². The van der Waals surface area contributed by atoms with Gasteiger partial charge in [-0.05, 0) is 48.2 Å². The first-order valence-corrected chi connectivity index (χ1v) is 9.70. The number of anilines is 1. The highest BCUT2D eigenvalue weighted by Crippen LogP contribution is 2.31. The van der Waals surface area contributed by atoms with Gasteiger partial charge in [0.2, 0.25) is 0 Å². The van der Waals surface area contributed by atoms with E-state index in [4.69, 9.17) is 0 Å². The van der Waals surface area contributed by atoms with Gasteiger partial charge in [0.25, 0.3) is 11.8 Å². The summed E-state index contributed by atoms with van der Waals surface area (Å²) in [6.07, 6.45) is 1.24. The highest BCUT2D eigenvalue weighted by molar-refractivity contribution is 7.92. The monoisotopic (exact) mass is 389 g/mol. The molecule has 0 atom stereocenters. The average molecular weight is 389 g/mol. The minimum absolute atomic E-state index is 0.0544. The van der Waals surface area contributed by atoms with Gasteiger partial charge in [0.15, 0.2) is 0 Å². The zero-order valence-electron chi connectivity index (χ0n) is 14.6. The summed E-state index contributed by atoms with van der Waals surface area (Å²) >= 11 is 0. The lowest BCUT2D eigenvalue weighted by molar-refractivity contribution is -0.117. The lowest BCUT2D eigenvalue weighted by atomic mass is 10.0. The van der Waals surface area contributed by atoms with Gasteiger partial charge in [-0.15, -0.1) is 0 Å². The number of rotatable bonds is 5. The van der Waals surface area contributed by atoms with Gasteiger partial charge in [-0.3, -0.25) is 9.59 Å². The Morgan fingerprint density at radius 2 is 1.89 bits per heavy atom. The second-order valence-electron chi connectivity index (χ2n) is 6.14. The first kappa shape index (κ1) is 18.7. The summed E-state index contributed by atoms with van der Waals surface area (Å²) < 4.78 is 26.5. The molecule has 3 N–H and O–H groups in total. The molecule has 0 unspecified atom stereocenters. The number of nitrogens with one attached hydrogen (secondary N) is 2. The van der Waals surface area contributed by atoms with E-state index in [2.05, 4.69) is 5.32 Å². The van der Waals surface area contributed by atoms with Gasteiger partial charge >= 0.3 is 10.2 Å². The van der Waals surface area contributed by atoms with Crippen molar-refractivity contribution in [1.82, 2.24) is 10.0 Å². The van der Waals surface area contributed by atoms with Crippen LogP contribution in [0.5, 0.6) is 5.75 Å². The quantitative estimate of drug-likeness (QED) is 0.697. The van der Waals surface area contributed by atoms with Crippen molar-refractivity contribution in [3.8, 4) is 5.75 Å². The van der Waals surface area contributed by atoms with Crippen LogP contribution in [0.4, 0.5) is 5.69 Å². The lowest BCUT2D eigenvalue weighted by Crippen LogP contribution is -2.29. The molecule has 1 fully saturated rings. The summed E-state index contributed by atoms with van der Waals surface area (Å²) in [5.74, 6) is -1.02. The number of nitrogens with zero attached hydrogens (tertiary/aromatic N) is 1. The Kier molecular flexibility index (Phi) is 5.04. The Labute approximate surface area is 157 Å². The molecule has 1 saturated heterocycles. The topological polar surface area (TPSA) is 116 Å². The number of aryl methyl sites for hydroxylation is 2. The van der Waals surface area contributed by atoms with Crippen LogP contribution in [-0.4, -0.2) is 38.9 Å². The predicted molar refractivity (Wildman–Crippen MR) is 99.8 cm³/mol. The van der Waals surface area contributed by atoms with E-state index in [9.17, 15) is 23.1 Å². The van der Waals surface area contributed by atoms with Crippen LogP contribution < -0.4 is 14.3 Å². The van der Waals surface area contributed by atoms with Crippen molar-refractivity contribution >= 4 is 27.7 Å². The molecule has 2 aromatic rings. The minimum atomic E-state index is -3.96. The summed E-state index contributed by atoms with van der Waals surface area (Å²) in [4.78, 5) is 23.0. The molecule has 9 heteroatoms. The highest BCUT2D eigenvalue weighted by atomic mass is 32.2. The molecule has 2 amide bonds. The van der Waals surface area contributed by atoms with Crippen molar-refractivity contribution in [2.24, 2.45) is 0 Å². The maximum absolute atomic E-state index is 11.9. The van der Waals surface area contributed by atoms with Gasteiger partial charge in [0.1, 0.15) is 12.3 Å². The van der Waals surface area contributed by atoms with Gasteiger partial charge in [0.05, 0.1) is 5.69 Å². The minimum Gasteiger partial charge on any atom is -0.506 e. The molecule has 0 saturated carbocycles. The predicted octanol–water partition coefficient (Wildman–Crippen LogP) is 0.718. The van der Waals surface area contributed by atoms with Crippen molar-refractivity contribution < 1.29 is 23.1 Å². The molecule has 3 rings (SSSR count). The Balaban J connectivity index is 1.74. The molecular weight excluding hydrogens is 370 g/mol. The van der Waals surface area contributed by atoms with E-state index in [1.54, 1.807) is 25.2 Å². The molecule has 1 heterocycles. The third-order valence-corrected chi connectivity index (χ3v) is 5.64. The maximum Gasteiger partial charge on any atom is 0.326 e. The van der Waals surface area contributed by atoms with Crippen molar-refractivity contribution in [1.29, 1.82) is 0 Å². The van der Waals surface area contributed by atoms with Crippen molar-refractivity contribution in [3.05, 3.63) is 59.2 Å². The van der Waals surface area contributed by atoms with E-state index in [-0.39, 0.29) is 23.9 Å². The molecule has 0 aliphatic carbocycles. The molecular formula is C18H19N3O5S. The van der Waals surface area contributed by atoms with E-state index in [0.29, 0.717) is 18.4 Å². The first-order chi connectivity index (χ1) is 12.8. The Hall–Kier alpha value is -3.07. The van der Waals surface area contributed by atoms with Gasteiger partial charge in [-0.2, -0.15) is 8.42 Å². The van der Waals surface area contributed by atoms with E-state index in [1.807, 2.05) is 16.9 Å². The SMILES string of the molecule is CNC(=O)c1cccc(CCc2ccc(N3CC(=O)NS3(=O)=O)c(O)c2)c1. The maximum atomic E-state index is 11.9. The number of carbonyl (C=O) groups is 2. The zero-order valence-corrected chi connectivity index (χ0v) is 15.4. The number of amides is 2. The number of phenolic OH excluding ortho intramolecular Hbond substituents is 1. The fourth-order valence-corrected chi connectivity index (χ4v) is 4.06. The van der Waals surface area contributed by atoms with Gasteiger partial charge in [0, 0.05) is 12.6 Å². The number of hydrogen-bond acceptors (Lipinski definition) is 5. The molecule has 2 aromatic carbocycles. The molecule has 1 aliphatic rings. The van der Waals surface area contributed by atoms with Crippen LogP contribution in [0.25, 0.3) is 0 Å². The summed E-state index contributed by atoms with van der Waals surface area (Å²) in [5, 5.41) is 12.8. The normalized spacial score (nSPS) is 15.4. The molecule has 8 nitrogen and oxygen atoms in total. The highest BCUT2D eigenvalue weighted by Gasteiger charge is 2.35. The fourth-order valence-electron chi connectivity index (χ4n) is 2.90. The smallest absolute Gasteiger partial charge is 0.326 e. The number of benzene rings is 2. The van der Waals surface area contributed by atoms with E-state index in [0.717, 1.165) is 15.4 Å². The summed E-state index contributed by atoms with van der Waals surface area (Å²) in [6, 6.07) is 11.9. The second-order valence-corrected chi connectivity index (χ2v) is 7.73. The van der Waals surface area contributed by atoms with Gasteiger partial charge < -0.3 is 10.4 Å². The average Bonchev–Trinajstić information content (AvgIpc) is 2.91. The standard InChI is InChI=1S/C18H19N3O5S/c1-19-18(24)14-4-2-3-12(9-14)5-6-13-7-8-15(16(22)10-13)21-11-17(23)20-27(21,25)26/h2-4,7-10,22H,5-6,11H2,1H3,(H,19,24)(H,20,23). The molecule has 1 aliphatic heterocycles. The van der Waals surface area contributed by atoms with E-state index >= 15 is 0 Å². The molecule has 27 heavy (non-hydrogen) atoms. The summed E-state index contributed by atoms with van der Waals surface area (Å²) in [7, 11) is -2.39. The third-order valence-electron chi connectivity index (χ3n) is 4.25. The lowest BCUT2D eigenvalue weighted by Gasteiger charge is -2.16. The number of carbonyl (C=O) groups excluding carboxylic acids is 2. The zero-order chi connectivity index (χ0) is 19.6. The molecule has 0 bridgehead atoms. The van der Waals surface area contributed by atoms with Crippen LogP contribution in [0.15, 0.2) is 42.5 Å². The van der Waals surface area contributed by atoms with Crippen LogP contribution in [0.3, 0.4) is 0 Å². The molecule has 142 valence electrons. The summed E-state index contributed by atoms with van der Waals surface area (Å²) in [5.41, 5.74) is 2.40. The molecule has 0 aromatic heterocycles. The number of phenols is 1. The number of hydrogen-bond donors (Lipinski definition) is 3. The Morgan fingerprint density at radius 3 is 2.48 bits per heavy atom.